The van der Waals surface area contributed by atoms with Crippen molar-refractivity contribution in [2.24, 2.45) is 0 Å². The Morgan fingerprint density at radius 2 is 2.04 bits per heavy atom. The highest BCUT2D eigenvalue weighted by atomic mass is 35.5. The first-order valence-electron chi connectivity index (χ1n) is 7.95. The van der Waals surface area contributed by atoms with Crippen LogP contribution in [0.2, 0.25) is 5.02 Å². The molecule has 8 heteroatoms. The third-order valence-electron chi connectivity index (χ3n) is 3.91. The zero-order valence-electron chi connectivity index (χ0n) is 14.0. The third kappa shape index (κ3) is 3.88. The number of fused-ring (bicyclic) bond motifs is 1. The lowest BCUT2D eigenvalue weighted by atomic mass is 9.95. The molecule has 0 aliphatic carbocycles. The molecule has 1 heterocycles. The summed E-state index contributed by atoms with van der Waals surface area (Å²) in [7, 11) is 0. The van der Waals surface area contributed by atoms with Crippen LogP contribution in [-0.2, 0) is 4.79 Å². The smallest absolute Gasteiger partial charge is 0.430 e. The van der Waals surface area contributed by atoms with Gasteiger partial charge in [0, 0.05) is 16.1 Å². The Balaban J connectivity index is 2.19. The average Bonchev–Trinajstić information content (AvgIpc) is 2.59. The molecule has 1 atom stereocenters. The SMILES string of the molecule is CCOc1cccc(-c2cc(Cl)cc3c2OC(C(F)(F)F)C(C(=O)O)=C3)c1. The quantitative estimate of drug-likeness (QED) is 0.769. The molecular weight excluding hydrogens is 385 g/mol. The van der Waals surface area contributed by atoms with Crippen molar-refractivity contribution in [2.75, 3.05) is 6.61 Å². The first-order valence-corrected chi connectivity index (χ1v) is 8.33. The van der Waals surface area contributed by atoms with Gasteiger partial charge in [0.15, 0.2) is 0 Å². The second kappa shape index (κ2) is 7.15. The number of rotatable bonds is 4. The van der Waals surface area contributed by atoms with Crippen molar-refractivity contribution >= 4 is 23.6 Å². The van der Waals surface area contributed by atoms with E-state index in [9.17, 15) is 18.0 Å². The zero-order valence-corrected chi connectivity index (χ0v) is 14.8. The largest absolute Gasteiger partial charge is 0.494 e. The Kier molecular flexibility index (Phi) is 5.06. The molecule has 0 bridgehead atoms. The summed E-state index contributed by atoms with van der Waals surface area (Å²) in [4.78, 5) is 11.3. The van der Waals surface area contributed by atoms with E-state index in [1.54, 1.807) is 24.3 Å². The van der Waals surface area contributed by atoms with E-state index in [4.69, 9.17) is 26.2 Å². The van der Waals surface area contributed by atoms with Crippen LogP contribution < -0.4 is 9.47 Å². The molecule has 27 heavy (non-hydrogen) atoms. The molecule has 1 N–H and O–H groups in total. The van der Waals surface area contributed by atoms with Gasteiger partial charge in [0.25, 0.3) is 0 Å². The Hall–Kier alpha value is -2.67. The molecule has 0 spiro atoms. The van der Waals surface area contributed by atoms with Crippen LogP contribution in [0.15, 0.2) is 42.0 Å². The Morgan fingerprint density at radius 3 is 2.67 bits per heavy atom. The van der Waals surface area contributed by atoms with Gasteiger partial charge in [-0.15, -0.1) is 0 Å². The maximum Gasteiger partial charge on any atom is 0.430 e. The van der Waals surface area contributed by atoms with Gasteiger partial charge in [0.2, 0.25) is 6.10 Å². The van der Waals surface area contributed by atoms with E-state index in [0.29, 0.717) is 23.5 Å². The second-order valence-corrected chi connectivity index (χ2v) is 6.21. The molecule has 0 saturated heterocycles. The van der Waals surface area contributed by atoms with Crippen LogP contribution in [-0.4, -0.2) is 30.0 Å². The Morgan fingerprint density at radius 1 is 1.30 bits per heavy atom. The summed E-state index contributed by atoms with van der Waals surface area (Å²) < 4.78 is 50.6. The number of hydrogen-bond acceptors (Lipinski definition) is 3. The standard InChI is InChI=1S/C19H14ClF3O4/c1-2-26-13-5-3-4-10(7-13)14-9-12(20)6-11-8-15(18(24)25)17(19(21,22)23)27-16(11)14/h3-9,17H,2H2,1H3,(H,24,25). The third-order valence-corrected chi connectivity index (χ3v) is 4.13. The van der Waals surface area contributed by atoms with Crippen LogP contribution in [0.3, 0.4) is 0 Å². The summed E-state index contributed by atoms with van der Waals surface area (Å²) in [5.41, 5.74) is 0.116. The van der Waals surface area contributed by atoms with Crippen LogP contribution in [0, 0.1) is 0 Å². The molecule has 0 radical (unpaired) electrons. The number of aliphatic carboxylic acids is 1. The summed E-state index contributed by atoms with van der Waals surface area (Å²) in [6, 6.07) is 9.57. The van der Waals surface area contributed by atoms with Gasteiger partial charge in [-0.2, -0.15) is 13.2 Å². The molecule has 2 aromatic carbocycles. The van der Waals surface area contributed by atoms with E-state index in [2.05, 4.69) is 0 Å². The van der Waals surface area contributed by atoms with Crippen LogP contribution in [0.5, 0.6) is 11.5 Å². The van der Waals surface area contributed by atoms with Crippen molar-refractivity contribution < 1.29 is 32.5 Å². The predicted octanol–water partition coefficient (Wildman–Crippen LogP) is 5.20. The predicted molar refractivity (Wildman–Crippen MR) is 94.1 cm³/mol. The van der Waals surface area contributed by atoms with Gasteiger partial charge < -0.3 is 14.6 Å². The molecule has 0 amide bonds. The highest BCUT2D eigenvalue weighted by Gasteiger charge is 2.48. The number of benzene rings is 2. The van der Waals surface area contributed by atoms with Crippen molar-refractivity contribution in [3.63, 3.8) is 0 Å². The summed E-state index contributed by atoms with van der Waals surface area (Å²) in [5, 5.41) is 9.39. The number of hydrogen-bond donors (Lipinski definition) is 1. The average molecular weight is 399 g/mol. The highest BCUT2D eigenvalue weighted by Crippen LogP contribution is 2.44. The molecule has 1 unspecified atom stereocenters. The zero-order chi connectivity index (χ0) is 19.8. The summed E-state index contributed by atoms with van der Waals surface area (Å²) in [5.74, 6) is -1.25. The van der Waals surface area contributed by atoms with Crippen molar-refractivity contribution in [2.45, 2.75) is 19.2 Å². The molecule has 0 aromatic heterocycles. The second-order valence-electron chi connectivity index (χ2n) is 5.78. The van der Waals surface area contributed by atoms with E-state index >= 15 is 0 Å². The fraction of sp³-hybridized carbons (Fsp3) is 0.211. The van der Waals surface area contributed by atoms with E-state index in [-0.39, 0.29) is 16.3 Å². The maximum atomic E-state index is 13.3. The first-order chi connectivity index (χ1) is 12.7. The summed E-state index contributed by atoms with van der Waals surface area (Å²) in [6.45, 7) is 2.23. The molecule has 2 aromatic rings. The minimum Gasteiger partial charge on any atom is -0.494 e. The molecule has 1 aliphatic rings. The van der Waals surface area contributed by atoms with Crippen molar-refractivity contribution in [1.82, 2.24) is 0 Å². The molecule has 1 aliphatic heterocycles. The molecule has 4 nitrogen and oxygen atoms in total. The molecule has 0 saturated carbocycles. The van der Waals surface area contributed by atoms with Crippen LogP contribution in [0.4, 0.5) is 13.2 Å². The minimum absolute atomic E-state index is 0.0830. The Bertz CT molecular complexity index is 922. The molecular formula is C19H14ClF3O4. The van der Waals surface area contributed by atoms with Gasteiger partial charge >= 0.3 is 12.1 Å². The maximum absolute atomic E-state index is 13.3. The number of carbonyl (C=O) groups is 1. The van der Waals surface area contributed by atoms with Crippen molar-refractivity contribution in [1.29, 1.82) is 0 Å². The van der Waals surface area contributed by atoms with E-state index in [0.717, 1.165) is 6.08 Å². The molecule has 0 fully saturated rings. The fourth-order valence-electron chi connectivity index (χ4n) is 2.83. The Labute approximate surface area is 157 Å². The van der Waals surface area contributed by atoms with E-state index in [1.165, 1.54) is 12.1 Å². The molecule has 3 rings (SSSR count). The van der Waals surface area contributed by atoms with E-state index < -0.39 is 23.8 Å². The van der Waals surface area contributed by atoms with Gasteiger partial charge in [-0.1, -0.05) is 23.7 Å². The van der Waals surface area contributed by atoms with Crippen molar-refractivity contribution in [3.05, 3.63) is 52.6 Å². The number of halogens is 4. The lowest BCUT2D eigenvalue weighted by Crippen LogP contribution is -2.40. The highest BCUT2D eigenvalue weighted by molar-refractivity contribution is 6.31. The topological polar surface area (TPSA) is 55.8 Å². The monoisotopic (exact) mass is 398 g/mol. The number of carboxylic acids is 1. The fourth-order valence-corrected chi connectivity index (χ4v) is 3.06. The lowest BCUT2D eigenvalue weighted by molar-refractivity contribution is -0.187. The molecule has 142 valence electrons. The first kappa shape index (κ1) is 19.1. The summed E-state index contributed by atoms with van der Waals surface area (Å²) in [6.07, 6.45) is -6.51. The van der Waals surface area contributed by atoms with Gasteiger partial charge in [-0.05, 0) is 42.8 Å². The minimum atomic E-state index is -4.88. The van der Waals surface area contributed by atoms with Gasteiger partial charge in [-0.3, -0.25) is 0 Å². The van der Waals surface area contributed by atoms with Crippen molar-refractivity contribution in [3.8, 4) is 22.6 Å². The number of carboxylic acid groups (broad SMARTS) is 1. The lowest BCUT2D eigenvalue weighted by Gasteiger charge is -2.28. The number of alkyl halides is 3. The van der Waals surface area contributed by atoms with E-state index in [1.807, 2.05) is 6.92 Å². The van der Waals surface area contributed by atoms with Gasteiger partial charge in [-0.25, -0.2) is 4.79 Å². The number of ether oxygens (including phenoxy) is 2. The van der Waals surface area contributed by atoms with Gasteiger partial charge in [0.05, 0.1) is 12.2 Å². The summed E-state index contributed by atoms with van der Waals surface area (Å²) >= 11 is 6.10. The van der Waals surface area contributed by atoms with Crippen LogP contribution in [0.1, 0.15) is 12.5 Å². The normalized spacial score (nSPS) is 16.2. The van der Waals surface area contributed by atoms with Gasteiger partial charge in [0.1, 0.15) is 11.5 Å². The van der Waals surface area contributed by atoms with Crippen LogP contribution in [0.25, 0.3) is 17.2 Å². The van der Waals surface area contributed by atoms with Crippen LogP contribution >= 0.6 is 11.6 Å².